The number of nitrogens with zero attached hydrogens (tertiary/aromatic N) is 1. The Hall–Kier alpha value is -1.10. The number of carbonyl (C=O) groups is 1. The molecule has 20 heavy (non-hydrogen) atoms. The highest BCUT2D eigenvalue weighted by atomic mass is 35.5. The first-order chi connectivity index (χ1) is 9.40. The molecule has 2 aromatic rings. The second-order valence-electron chi connectivity index (χ2n) is 4.76. The number of aromatic nitrogens is 1. The summed E-state index contributed by atoms with van der Waals surface area (Å²) in [6.07, 6.45) is 1.79. The molecule has 0 bridgehead atoms. The molecule has 6 heteroatoms. The number of nitrogens with two attached hydrogens (primary N) is 1. The molecule has 0 radical (unpaired) electrons. The third-order valence-corrected chi connectivity index (χ3v) is 5.02. The number of carbonyl (C=O) groups excluding carboxylic acids is 1. The van der Waals surface area contributed by atoms with Gasteiger partial charge in [-0.15, -0.1) is 11.3 Å². The molecule has 0 aliphatic carbocycles. The highest BCUT2D eigenvalue weighted by molar-refractivity contribution is 7.11. The van der Waals surface area contributed by atoms with Crippen molar-refractivity contribution >= 4 is 40.4 Å². The van der Waals surface area contributed by atoms with Crippen molar-refractivity contribution in [1.82, 2.24) is 4.98 Å². The number of primary amides is 1. The second kappa shape index (κ2) is 6.12. The number of thiazole rings is 1. The molecule has 0 spiro atoms. The van der Waals surface area contributed by atoms with Crippen LogP contribution < -0.4 is 5.73 Å². The van der Waals surface area contributed by atoms with Crippen LogP contribution in [-0.2, 0) is 4.79 Å². The number of halogens is 2. The van der Waals surface area contributed by atoms with Gasteiger partial charge in [0.1, 0.15) is 10.9 Å². The molecule has 3 nitrogen and oxygen atoms in total. The molecule has 1 atom stereocenters. The van der Waals surface area contributed by atoms with Crippen molar-refractivity contribution in [1.29, 1.82) is 0 Å². The minimum absolute atomic E-state index is 0.364. The van der Waals surface area contributed by atoms with Gasteiger partial charge in [0.25, 0.3) is 0 Å². The van der Waals surface area contributed by atoms with E-state index in [9.17, 15) is 4.79 Å². The fraction of sp³-hybridized carbons (Fsp3) is 0.286. The number of amides is 1. The Balaban J connectivity index is 2.44. The zero-order valence-electron chi connectivity index (χ0n) is 11.1. The largest absolute Gasteiger partial charge is 0.369 e. The SMILES string of the molecule is CC(C)c1cnc(C(C(N)=O)c2ccc(Cl)c(Cl)c2)s1. The van der Waals surface area contributed by atoms with Crippen LogP contribution in [0.4, 0.5) is 0 Å². The summed E-state index contributed by atoms with van der Waals surface area (Å²) in [6, 6.07) is 5.07. The molecule has 106 valence electrons. The second-order valence-corrected chi connectivity index (χ2v) is 6.67. The van der Waals surface area contributed by atoms with Crippen molar-refractivity contribution < 1.29 is 4.79 Å². The van der Waals surface area contributed by atoms with E-state index in [-0.39, 0.29) is 0 Å². The van der Waals surface area contributed by atoms with E-state index >= 15 is 0 Å². The van der Waals surface area contributed by atoms with E-state index in [0.29, 0.717) is 26.5 Å². The van der Waals surface area contributed by atoms with Crippen LogP contribution in [-0.4, -0.2) is 10.9 Å². The van der Waals surface area contributed by atoms with Crippen molar-refractivity contribution in [2.45, 2.75) is 25.7 Å². The minimum atomic E-state index is -0.595. The lowest BCUT2D eigenvalue weighted by Crippen LogP contribution is -2.22. The monoisotopic (exact) mass is 328 g/mol. The first-order valence-electron chi connectivity index (χ1n) is 6.10. The predicted octanol–water partition coefficient (Wildman–Crippen LogP) is 4.19. The predicted molar refractivity (Wildman–Crippen MR) is 83.7 cm³/mol. The molecular weight excluding hydrogens is 315 g/mol. The van der Waals surface area contributed by atoms with Crippen LogP contribution in [0.1, 0.15) is 41.1 Å². The highest BCUT2D eigenvalue weighted by Crippen LogP contribution is 2.33. The summed E-state index contributed by atoms with van der Waals surface area (Å²) >= 11 is 13.4. The fourth-order valence-electron chi connectivity index (χ4n) is 1.82. The molecule has 2 N–H and O–H groups in total. The lowest BCUT2D eigenvalue weighted by atomic mass is 9.99. The number of benzene rings is 1. The first kappa shape index (κ1) is 15.3. The molecule has 0 saturated carbocycles. The van der Waals surface area contributed by atoms with E-state index in [1.807, 2.05) is 0 Å². The van der Waals surface area contributed by atoms with Gasteiger partial charge in [-0.1, -0.05) is 43.1 Å². The topological polar surface area (TPSA) is 56.0 Å². The standard InChI is InChI=1S/C14H14Cl2N2OS/c1-7(2)11-6-18-14(20-11)12(13(17)19)8-3-4-9(15)10(16)5-8/h3-7,12H,1-2H3,(H2,17,19). The summed E-state index contributed by atoms with van der Waals surface area (Å²) in [7, 11) is 0. The van der Waals surface area contributed by atoms with Crippen LogP contribution in [0.5, 0.6) is 0 Å². The van der Waals surface area contributed by atoms with E-state index in [2.05, 4.69) is 18.8 Å². The van der Waals surface area contributed by atoms with E-state index < -0.39 is 11.8 Å². The van der Waals surface area contributed by atoms with Crippen molar-refractivity contribution in [3.05, 3.63) is 49.9 Å². The van der Waals surface area contributed by atoms with Crippen LogP contribution in [0.15, 0.2) is 24.4 Å². The molecule has 0 aliphatic heterocycles. The average Bonchev–Trinajstić information content (AvgIpc) is 2.83. The maximum atomic E-state index is 11.8. The quantitative estimate of drug-likeness (QED) is 0.914. The minimum Gasteiger partial charge on any atom is -0.369 e. The molecule has 1 unspecified atom stereocenters. The van der Waals surface area contributed by atoms with Crippen molar-refractivity contribution in [3.63, 3.8) is 0 Å². The van der Waals surface area contributed by atoms with Crippen molar-refractivity contribution in [2.75, 3.05) is 0 Å². The summed E-state index contributed by atoms with van der Waals surface area (Å²) in [5.74, 6) is -0.682. The lowest BCUT2D eigenvalue weighted by Gasteiger charge is -2.12. The van der Waals surface area contributed by atoms with Gasteiger partial charge in [-0.2, -0.15) is 0 Å². The number of hydrogen-bond acceptors (Lipinski definition) is 3. The van der Waals surface area contributed by atoms with E-state index in [1.165, 1.54) is 11.3 Å². The van der Waals surface area contributed by atoms with Crippen LogP contribution in [0.3, 0.4) is 0 Å². The van der Waals surface area contributed by atoms with Crippen LogP contribution in [0.25, 0.3) is 0 Å². The van der Waals surface area contributed by atoms with Crippen LogP contribution in [0, 0.1) is 0 Å². The Morgan fingerprint density at radius 2 is 2.00 bits per heavy atom. The zero-order valence-corrected chi connectivity index (χ0v) is 13.4. The summed E-state index contributed by atoms with van der Waals surface area (Å²) in [4.78, 5) is 17.2. The Morgan fingerprint density at radius 1 is 1.30 bits per heavy atom. The molecule has 0 aliphatic rings. The van der Waals surface area contributed by atoms with Gasteiger partial charge in [0.2, 0.25) is 5.91 Å². The molecule has 1 aromatic carbocycles. The zero-order chi connectivity index (χ0) is 14.9. The smallest absolute Gasteiger partial charge is 0.231 e. The van der Waals surface area contributed by atoms with Crippen LogP contribution in [0.2, 0.25) is 10.0 Å². The van der Waals surface area contributed by atoms with Crippen molar-refractivity contribution in [2.24, 2.45) is 5.73 Å². The number of rotatable bonds is 4. The van der Waals surface area contributed by atoms with E-state index in [4.69, 9.17) is 28.9 Å². The lowest BCUT2D eigenvalue weighted by molar-refractivity contribution is -0.118. The molecule has 1 aromatic heterocycles. The van der Waals surface area contributed by atoms with Gasteiger partial charge in [-0.3, -0.25) is 4.79 Å². The Morgan fingerprint density at radius 3 is 2.50 bits per heavy atom. The van der Waals surface area contributed by atoms with Gasteiger partial charge < -0.3 is 5.73 Å². The summed E-state index contributed by atoms with van der Waals surface area (Å²) in [5, 5.41) is 1.52. The molecular formula is C14H14Cl2N2OS. The third kappa shape index (κ3) is 3.14. The molecule has 0 fully saturated rings. The molecule has 1 heterocycles. The normalized spacial score (nSPS) is 12.7. The Labute approximate surface area is 131 Å². The Kier molecular flexibility index (Phi) is 4.68. The number of hydrogen-bond donors (Lipinski definition) is 1. The fourth-order valence-corrected chi connectivity index (χ4v) is 3.19. The maximum Gasteiger partial charge on any atom is 0.231 e. The van der Waals surface area contributed by atoms with Gasteiger partial charge in [0.05, 0.1) is 10.0 Å². The molecule has 0 saturated heterocycles. The highest BCUT2D eigenvalue weighted by Gasteiger charge is 2.24. The molecule has 1 amide bonds. The van der Waals surface area contributed by atoms with Crippen LogP contribution >= 0.6 is 34.5 Å². The van der Waals surface area contributed by atoms with Gasteiger partial charge in [0, 0.05) is 11.1 Å². The molecule has 2 rings (SSSR count). The van der Waals surface area contributed by atoms with Gasteiger partial charge in [-0.25, -0.2) is 4.98 Å². The van der Waals surface area contributed by atoms with Gasteiger partial charge in [-0.05, 0) is 23.6 Å². The Bertz CT molecular complexity index is 640. The average molecular weight is 329 g/mol. The van der Waals surface area contributed by atoms with Crippen molar-refractivity contribution in [3.8, 4) is 0 Å². The van der Waals surface area contributed by atoms with Gasteiger partial charge >= 0.3 is 0 Å². The summed E-state index contributed by atoms with van der Waals surface area (Å²) in [6.45, 7) is 4.16. The van der Waals surface area contributed by atoms with Gasteiger partial charge in [0.15, 0.2) is 0 Å². The maximum absolute atomic E-state index is 11.8. The first-order valence-corrected chi connectivity index (χ1v) is 7.67. The third-order valence-electron chi connectivity index (χ3n) is 2.92. The van der Waals surface area contributed by atoms with E-state index in [1.54, 1.807) is 24.4 Å². The van der Waals surface area contributed by atoms with E-state index in [0.717, 1.165) is 4.88 Å². The summed E-state index contributed by atoms with van der Waals surface area (Å²) < 4.78 is 0. The summed E-state index contributed by atoms with van der Waals surface area (Å²) in [5.41, 5.74) is 6.23.